The van der Waals surface area contributed by atoms with E-state index in [0.717, 1.165) is 16.1 Å². The van der Waals surface area contributed by atoms with E-state index in [1.54, 1.807) is 30.3 Å². The standard InChI is InChI=1S/C22H22ClN7O4S/c1-14(31)24-10-11-29-20(32)28-19(30(22(29)33)12-15-2-4-16(23)5-3-15)27-17-6-8-18(9-7-17)34-21-25-13-26-35-21/h2,4-9,13,15H,3,10-12H2,1H3,(H,24,31)(H,27,28,32). The zero-order valence-corrected chi connectivity index (χ0v) is 20.3. The van der Waals surface area contributed by atoms with Crippen LogP contribution in [0.2, 0.25) is 0 Å². The highest BCUT2D eigenvalue weighted by Gasteiger charge is 2.15. The van der Waals surface area contributed by atoms with Gasteiger partial charge in [0, 0.05) is 43.1 Å². The van der Waals surface area contributed by atoms with Crippen LogP contribution in [0.4, 0.5) is 5.69 Å². The highest BCUT2D eigenvalue weighted by atomic mass is 35.5. The van der Waals surface area contributed by atoms with Gasteiger partial charge < -0.3 is 10.1 Å². The Morgan fingerprint density at radius 1 is 1.31 bits per heavy atom. The summed E-state index contributed by atoms with van der Waals surface area (Å²) in [7, 11) is 0. The van der Waals surface area contributed by atoms with E-state index in [-0.39, 0.29) is 37.1 Å². The summed E-state index contributed by atoms with van der Waals surface area (Å²) in [4.78, 5) is 48.3. The van der Waals surface area contributed by atoms with Crippen LogP contribution in [0.3, 0.4) is 0 Å². The number of aromatic amines is 1. The van der Waals surface area contributed by atoms with Gasteiger partial charge in [0.1, 0.15) is 12.1 Å². The maximum Gasteiger partial charge on any atom is 0.335 e. The van der Waals surface area contributed by atoms with Crippen molar-refractivity contribution in [1.29, 1.82) is 0 Å². The van der Waals surface area contributed by atoms with Gasteiger partial charge >= 0.3 is 11.4 Å². The van der Waals surface area contributed by atoms with Crippen LogP contribution in [0, 0.1) is 5.92 Å². The van der Waals surface area contributed by atoms with Crippen LogP contribution in [0.15, 0.2) is 68.4 Å². The molecule has 2 aromatic heterocycles. The van der Waals surface area contributed by atoms with Gasteiger partial charge in [0.25, 0.3) is 5.19 Å². The number of H-pyrrole nitrogens is 1. The molecule has 2 N–H and O–H groups in total. The number of aromatic nitrogens is 5. The van der Waals surface area contributed by atoms with Crippen molar-refractivity contribution >= 4 is 34.7 Å². The number of ether oxygens (including phenoxy) is 1. The summed E-state index contributed by atoms with van der Waals surface area (Å²) in [6.45, 7) is 1.82. The van der Waals surface area contributed by atoms with E-state index in [1.165, 1.54) is 17.8 Å². The summed E-state index contributed by atoms with van der Waals surface area (Å²) in [6, 6.07) is 6.80. The number of carbonyl (C=O) groups is 1. The Kier molecular flexibility index (Phi) is 7.73. The topological polar surface area (TPSA) is 136 Å². The Balaban J connectivity index is 1.68. The first-order valence-electron chi connectivity index (χ1n) is 10.7. The molecule has 0 saturated carbocycles. The summed E-state index contributed by atoms with van der Waals surface area (Å²) in [5, 5.41) is 3.64. The van der Waals surface area contributed by atoms with E-state index in [0.29, 0.717) is 28.1 Å². The molecule has 0 spiro atoms. The second-order valence-electron chi connectivity index (χ2n) is 7.64. The van der Waals surface area contributed by atoms with Gasteiger partial charge in [0.05, 0.1) is 5.69 Å². The monoisotopic (exact) mass is 515 g/mol. The van der Waals surface area contributed by atoms with Crippen molar-refractivity contribution in [3.63, 3.8) is 0 Å². The summed E-state index contributed by atoms with van der Waals surface area (Å²) in [6.07, 6.45) is 7.63. The smallest absolute Gasteiger partial charge is 0.335 e. The first-order valence-corrected chi connectivity index (χ1v) is 11.9. The summed E-state index contributed by atoms with van der Waals surface area (Å²) < 4.78 is 11.9. The molecule has 0 radical (unpaired) electrons. The minimum Gasteiger partial charge on any atom is -0.430 e. The lowest BCUT2D eigenvalue weighted by atomic mass is 10.0. The lowest BCUT2D eigenvalue weighted by molar-refractivity contribution is -0.118. The number of allylic oxidation sites excluding steroid dienone is 4. The van der Waals surface area contributed by atoms with Gasteiger partial charge in [-0.3, -0.25) is 14.3 Å². The lowest BCUT2D eigenvalue weighted by Gasteiger charge is -2.17. The van der Waals surface area contributed by atoms with Gasteiger partial charge in [-0.25, -0.2) is 19.1 Å². The van der Waals surface area contributed by atoms with Crippen LogP contribution in [0.1, 0.15) is 13.3 Å². The molecule has 1 unspecified atom stereocenters. The van der Waals surface area contributed by atoms with Gasteiger partial charge in [-0.05, 0) is 42.7 Å². The minimum atomic E-state index is -0.617. The van der Waals surface area contributed by atoms with Crippen molar-refractivity contribution in [2.45, 2.75) is 26.4 Å². The SMILES string of the molecule is CC(=O)NCCn1c(=O)[nH]/c(=N\c2ccc(Oc3ncns3)cc2)n(CC2C=CC(Cl)=CC2)c1=O. The van der Waals surface area contributed by atoms with Gasteiger partial charge in [0.15, 0.2) is 0 Å². The molecule has 0 saturated heterocycles. The fourth-order valence-corrected chi connectivity index (χ4v) is 3.95. The molecule has 4 rings (SSSR count). The normalized spacial score (nSPS) is 15.7. The Labute approximate surface area is 208 Å². The quantitative estimate of drug-likeness (QED) is 0.471. The fraction of sp³-hybridized carbons (Fsp3) is 0.273. The van der Waals surface area contributed by atoms with Crippen molar-refractivity contribution in [2.75, 3.05) is 6.54 Å². The molecule has 35 heavy (non-hydrogen) atoms. The molecule has 1 aromatic carbocycles. The summed E-state index contributed by atoms with van der Waals surface area (Å²) >= 11 is 7.15. The molecule has 0 fully saturated rings. The third-order valence-corrected chi connectivity index (χ3v) is 5.89. The van der Waals surface area contributed by atoms with Gasteiger partial charge in [-0.1, -0.05) is 23.8 Å². The predicted octanol–water partition coefficient (Wildman–Crippen LogP) is 2.05. The summed E-state index contributed by atoms with van der Waals surface area (Å²) in [5.41, 5.74) is -0.518. The number of benzene rings is 1. The number of halogens is 1. The number of carbonyl (C=O) groups excluding carboxylic acids is 1. The average molecular weight is 516 g/mol. The molecule has 11 nitrogen and oxygen atoms in total. The number of rotatable bonds is 8. The highest BCUT2D eigenvalue weighted by molar-refractivity contribution is 7.07. The molecular formula is C22H22ClN7O4S. The van der Waals surface area contributed by atoms with E-state index in [1.807, 2.05) is 12.2 Å². The largest absolute Gasteiger partial charge is 0.430 e. The molecule has 1 atom stereocenters. The van der Waals surface area contributed by atoms with Crippen molar-refractivity contribution in [2.24, 2.45) is 10.9 Å². The van der Waals surface area contributed by atoms with Crippen LogP contribution in [-0.2, 0) is 17.9 Å². The fourth-order valence-electron chi connectivity index (χ4n) is 3.38. The van der Waals surface area contributed by atoms with Crippen molar-refractivity contribution in [3.8, 4) is 10.9 Å². The molecule has 0 aliphatic heterocycles. The van der Waals surface area contributed by atoms with E-state index in [9.17, 15) is 14.4 Å². The van der Waals surface area contributed by atoms with Gasteiger partial charge in [-0.15, -0.1) is 0 Å². The van der Waals surface area contributed by atoms with Crippen LogP contribution < -0.4 is 27.1 Å². The van der Waals surface area contributed by atoms with Crippen LogP contribution in [-0.4, -0.2) is 35.9 Å². The van der Waals surface area contributed by atoms with E-state index in [4.69, 9.17) is 16.3 Å². The minimum absolute atomic E-state index is 0.0125. The van der Waals surface area contributed by atoms with Gasteiger partial charge in [-0.2, -0.15) is 9.36 Å². The summed E-state index contributed by atoms with van der Waals surface area (Å²) in [5.74, 6) is 0.288. The molecule has 1 amide bonds. The van der Waals surface area contributed by atoms with Crippen LogP contribution >= 0.6 is 23.1 Å². The second kappa shape index (κ2) is 11.1. The highest BCUT2D eigenvalue weighted by Crippen LogP contribution is 2.24. The Morgan fingerprint density at radius 2 is 2.11 bits per heavy atom. The zero-order valence-electron chi connectivity index (χ0n) is 18.7. The molecule has 13 heteroatoms. The number of hydrogen-bond acceptors (Lipinski definition) is 8. The van der Waals surface area contributed by atoms with E-state index >= 15 is 0 Å². The molecule has 2 heterocycles. The van der Waals surface area contributed by atoms with Crippen LogP contribution in [0.25, 0.3) is 0 Å². The Hall–Kier alpha value is -3.77. The maximum absolute atomic E-state index is 13.3. The predicted molar refractivity (Wildman–Crippen MR) is 131 cm³/mol. The first kappa shape index (κ1) is 24.4. The molecule has 1 aliphatic carbocycles. The van der Waals surface area contributed by atoms with E-state index < -0.39 is 11.4 Å². The lowest BCUT2D eigenvalue weighted by Crippen LogP contribution is -2.51. The average Bonchev–Trinajstić information content (AvgIpc) is 3.34. The zero-order chi connectivity index (χ0) is 24.8. The number of nitrogens with zero attached hydrogens (tertiary/aromatic N) is 5. The first-order chi connectivity index (χ1) is 16.9. The van der Waals surface area contributed by atoms with Crippen molar-refractivity contribution in [3.05, 3.63) is 80.4 Å². The van der Waals surface area contributed by atoms with E-state index in [2.05, 4.69) is 24.7 Å². The third kappa shape index (κ3) is 6.43. The Bertz CT molecular complexity index is 1440. The number of nitrogens with one attached hydrogen (secondary N) is 2. The van der Waals surface area contributed by atoms with Crippen molar-refractivity contribution in [1.82, 2.24) is 28.8 Å². The molecule has 1 aliphatic rings. The molecular weight excluding hydrogens is 494 g/mol. The molecule has 0 bridgehead atoms. The molecule has 182 valence electrons. The second-order valence-corrected chi connectivity index (χ2v) is 8.82. The van der Waals surface area contributed by atoms with Crippen LogP contribution in [0.5, 0.6) is 10.9 Å². The van der Waals surface area contributed by atoms with Crippen molar-refractivity contribution < 1.29 is 9.53 Å². The maximum atomic E-state index is 13.3. The third-order valence-electron chi connectivity index (χ3n) is 5.07. The molecule has 3 aromatic rings. The number of hydrogen-bond donors (Lipinski definition) is 2. The Morgan fingerprint density at radius 3 is 2.77 bits per heavy atom. The van der Waals surface area contributed by atoms with Gasteiger partial charge in [0.2, 0.25) is 11.5 Å². The number of amides is 1.